The Morgan fingerprint density at radius 3 is 2.65 bits per heavy atom. The molecular formula is C20H17BrN2O2S. The number of anilines is 2. The van der Waals surface area contributed by atoms with E-state index in [1.807, 2.05) is 60.8 Å². The quantitative estimate of drug-likeness (QED) is 0.496. The lowest BCUT2D eigenvalue weighted by atomic mass is 10.2. The number of aryl methyl sites for hydroxylation is 1. The highest BCUT2D eigenvalue weighted by atomic mass is 79.9. The van der Waals surface area contributed by atoms with Gasteiger partial charge in [-0.2, -0.15) is 0 Å². The zero-order chi connectivity index (χ0) is 18.5. The number of benzene rings is 2. The molecule has 0 saturated carbocycles. The van der Waals surface area contributed by atoms with Crippen molar-refractivity contribution in [3.05, 3.63) is 75.7 Å². The largest absolute Gasteiger partial charge is 0.496 e. The predicted molar refractivity (Wildman–Crippen MR) is 110 cm³/mol. The fraction of sp³-hybridized carbons (Fsp3) is 0.100. The molecule has 26 heavy (non-hydrogen) atoms. The van der Waals surface area contributed by atoms with Crippen LogP contribution in [0.4, 0.5) is 10.8 Å². The average Bonchev–Trinajstić information content (AvgIpc) is 3.07. The maximum atomic E-state index is 13.0. The van der Waals surface area contributed by atoms with E-state index in [9.17, 15) is 4.79 Å². The van der Waals surface area contributed by atoms with Gasteiger partial charge in [0.15, 0.2) is 5.13 Å². The number of carbonyl (C=O) groups is 1. The first-order valence-electron chi connectivity index (χ1n) is 7.91. The molecule has 1 amide bonds. The Kier molecular flexibility index (Phi) is 5.85. The third kappa shape index (κ3) is 4.20. The summed E-state index contributed by atoms with van der Waals surface area (Å²) in [5.74, 6) is 0.529. The molecule has 0 aliphatic carbocycles. The minimum atomic E-state index is -0.174. The molecule has 1 heterocycles. The van der Waals surface area contributed by atoms with Gasteiger partial charge < -0.3 is 4.74 Å². The molecule has 4 nitrogen and oxygen atoms in total. The SMILES string of the molecule is COc1ccc(Br)cc1/C=C/C(=O)N(c1ccccc1)c1nc(C)cs1. The summed E-state index contributed by atoms with van der Waals surface area (Å²) >= 11 is 4.89. The van der Waals surface area contributed by atoms with Crippen LogP contribution in [-0.2, 0) is 4.79 Å². The Bertz CT molecular complexity index is 938. The van der Waals surface area contributed by atoms with Crippen LogP contribution < -0.4 is 9.64 Å². The topological polar surface area (TPSA) is 42.4 Å². The van der Waals surface area contributed by atoms with Crippen LogP contribution in [0.5, 0.6) is 5.75 Å². The average molecular weight is 429 g/mol. The molecule has 0 fully saturated rings. The van der Waals surface area contributed by atoms with Crippen LogP contribution in [0.15, 0.2) is 64.5 Å². The molecule has 3 aromatic rings. The van der Waals surface area contributed by atoms with Gasteiger partial charge in [0.25, 0.3) is 5.91 Å². The minimum Gasteiger partial charge on any atom is -0.496 e. The van der Waals surface area contributed by atoms with Gasteiger partial charge in [-0.25, -0.2) is 4.98 Å². The van der Waals surface area contributed by atoms with Gasteiger partial charge in [0, 0.05) is 21.5 Å². The maximum absolute atomic E-state index is 13.0. The van der Waals surface area contributed by atoms with Crippen molar-refractivity contribution in [3.8, 4) is 5.75 Å². The summed E-state index contributed by atoms with van der Waals surface area (Å²) in [6, 6.07) is 15.2. The van der Waals surface area contributed by atoms with Gasteiger partial charge in [-0.05, 0) is 43.3 Å². The number of hydrogen-bond donors (Lipinski definition) is 0. The highest BCUT2D eigenvalue weighted by Gasteiger charge is 2.18. The first kappa shape index (κ1) is 18.4. The fourth-order valence-electron chi connectivity index (χ4n) is 2.42. The van der Waals surface area contributed by atoms with Crippen molar-refractivity contribution < 1.29 is 9.53 Å². The lowest BCUT2D eigenvalue weighted by molar-refractivity contribution is -0.113. The molecule has 0 atom stereocenters. The summed E-state index contributed by atoms with van der Waals surface area (Å²) in [6.07, 6.45) is 3.29. The van der Waals surface area contributed by atoms with Gasteiger partial charge in [-0.1, -0.05) is 34.1 Å². The van der Waals surface area contributed by atoms with Crippen LogP contribution in [0.3, 0.4) is 0 Å². The molecule has 0 N–H and O–H groups in total. The molecule has 132 valence electrons. The second kappa shape index (κ2) is 8.29. The number of rotatable bonds is 5. The number of ether oxygens (including phenoxy) is 1. The van der Waals surface area contributed by atoms with Gasteiger partial charge in [0.05, 0.1) is 18.5 Å². The van der Waals surface area contributed by atoms with E-state index in [0.717, 1.165) is 21.4 Å². The zero-order valence-electron chi connectivity index (χ0n) is 14.3. The van der Waals surface area contributed by atoms with Gasteiger partial charge in [-0.3, -0.25) is 9.69 Å². The Labute approximate surface area is 164 Å². The third-order valence-electron chi connectivity index (χ3n) is 3.63. The monoisotopic (exact) mass is 428 g/mol. The molecule has 3 rings (SSSR count). The van der Waals surface area contributed by atoms with Crippen LogP contribution in [-0.4, -0.2) is 18.0 Å². The molecule has 2 aromatic carbocycles. The first-order chi connectivity index (χ1) is 12.6. The standard InChI is InChI=1S/C20H17BrN2O2S/c1-14-13-26-20(22-14)23(17-6-4-3-5-7-17)19(24)11-8-15-12-16(21)9-10-18(15)25-2/h3-13H,1-2H3/b11-8+. The van der Waals surface area contributed by atoms with E-state index >= 15 is 0 Å². The van der Waals surface area contributed by atoms with Crippen molar-refractivity contribution in [1.82, 2.24) is 4.98 Å². The maximum Gasteiger partial charge on any atom is 0.257 e. The molecule has 0 unspecified atom stereocenters. The van der Waals surface area contributed by atoms with E-state index in [2.05, 4.69) is 20.9 Å². The normalized spacial score (nSPS) is 10.9. The van der Waals surface area contributed by atoms with Crippen LogP contribution in [0.25, 0.3) is 6.08 Å². The summed E-state index contributed by atoms with van der Waals surface area (Å²) in [5.41, 5.74) is 2.48. The van der Waals surface area contributed by atoms with E-state index in [1.165, 1.54) is 17.4 Å². The molecule has 0 bridgehead atoms. The van der Waals surface area contributed by atoms with Crippen molar-refractivity contribution in [1.29, 1.82) is 0 Å². The number of hydrogen-bond acceptors (Lipinski definition) is 4. The van der Waals surface area contributed by atoms with Crippen LogP contribution in [0.2, 0.25) is 0 Å². The molecule has 0 aliphatic heterocycles. The molecule has 0 radical (unpaired) electrons. The van der Waals surface area contributed by atoms with Crippen molar-refractivity contribution in [3.63, 3.8) is 0 Å². The first-order valence-corrected chi connectivity index (χ1v) is 9.58. The zero-order valence-corrected chi connectivity index (χ0v) is 16.8. The van der Waals surface area contributed by atoms with Crippen molar-refractivity contribution in [2.45, 2.75) is 6.92 Å². The fourth-order valence-corrected chi connectivity index (χ4v) is 3.63. The second-order valence-electron chi connectivity index (χ2n) is 5.50. The van der Waals surface area contributed by atoms with Crippen molar-refractivity contribution >= 4 is 50.1 Å². The molecule has 0 spiro atoms. The summed E-state index contributed by atoms with van der Waals surface area (Å²) in [6.45, 7) is 1.91. The molecule has 0 saturated heterocycles. The molecule has 1 aromatic heterocycles. The number of methoxy groups -OCH3 is 1. The van der Waals surface area contributed by atoms with Crippen molar-refractivity contribution in [2.75, 3.05) is 12.0 Å². The van der Waals surface area contributed by atoms with E-state index < -0.39 is 0 Å². The van der Waals surface area contributed by atoms with E-state index in [4.69, 9.17) is 4.74 Å². The number of para-hydroxylation sites is 1. The third-order valence-corrected chi connectivity index (χ3v) is 5.07. The number of halogens is 1. The predicted octanol–water partition coefficient (Wildman–Crippen LogP) is 5.60. The van der Waals surface area contributed by atoms with Crippen LogP contribution in [0.1, 0.15) is 11.3 Å². The number of amides is 1. The van der Waals surface area contributed by atoms with E-state index in [0.29, 0.717) is 10.9 Å². The van der Waals surface area contributed by atoms with Gasteiger partial charge >= 0.3 is 0 Å². The second-order valence-corrected chi connectivity index (χ2v) is 7.25. The number of carbonyl (C=O) groups excluding carboxylic acids is 1. The molecule has 6 heteroatoms. The lowest BCUT2D eigenvalue weighted by Gasteiger charge is -2.18. The Hall–Kier alpha value is -2.44. The summed E-state index contributed by atoms with van der Waals surface area (Å²) in [5, 5.41) is 2.57. The summed E-state index contributed by atoms with van der Waals surface area (Å²) in [4.78, 5) is 19.0. The highest BCUT2D eigenvalue weighted by Crippen LogP contribution is 2.29. The van der Waals surface area contributed by atoms with E-state index in [1.54, 1.807) is 18.1 Å². The minimum absolute atomic E-state index is 0.174. The molecular weight excluding hydrogens is 412 g/mol. The highest BCUT2D eigenvalue weighted by molar-refractivity contribution is 9.10. The molecule has 0 aliphatic rings. The number of aromatic nitrogens is 1. The van der Waals surface area contributed by atoms with E-state index in [-0.39, 0.29) is 5.91 Å². The summed E-state index contributed by atoms with van der Waals surface area (Å²) in [7, 11) is 1.61. The summed E-state index contributed by atoms with van der Waals surface area (Å²) < 4.78 is 6.28. The Balaban J connectivity index is 1.95. The van der Waals surface area contributed by atoms with Gasteiger partial charge in [-0.15, -0.1) is 11.3 Å². The smallest absolute Gasteiger partial charge is 0.257 e. The lowest BCUT2D eigenvalue weighted by Crippen LogP contribution is -2.23. The van der Waals surface area contributed by atoms with Crippen LogP contribution in [0, 0.1) is 6.92 Å². The Morgan fingerprint density at radius 1 is 1.23 bits per heavy atom. The Morgan fingerprint density at radius 2 is 2.00 bits per heavy atom. The van der Waals surface area contributed by atoms with Gasteiger partial charge in [0.2, 0.25) is 0 Å². The van der Waals surface area contributed by atoms with Crippen LogP contribution >= 0.6 is 27.3 Å². The van der Waals surface area contributed by atoms with Gasteiger partial charge in [0.1, 0.15) is 5.75 Å². The number of nitrogens with zero attached hydrogens (tertiary/aromatic N) is 2. The number of thiazole rings is 1. The van der Waals surface area contributed by atoms with Crippen molar-refractivity contribution in [2.24, 2.45) is 0 Å².